The van der Waals surface area contributed by atoms with E-state index in [4.69, 9.17) is 10.5 Å². The molecular weight excluding hydrogens is 300 g/mol. The summed E-state index contributed by atoms with van der Waals surface area (Å²) in [7, 11) is 1.65. The lowest BCUT2D eigenvalue weighted by atomic mass is 10.1. The second-order valence-electron chi connectivity index (χ2n) is 5.72. The van der Waals surface area contributed by atoms with Gasteiger partial charge in [-0.3, -0.25) is 4.79 Å². The van der Waals surface area contributed by atoms with Gasteiger partial charge in [0.15, 0.2) is 0 Å². The zero-order chi connectivity index (χ0) is 17.2. The van der Waals surface area contributed by atoms with Gasteiger partial charge in [0, 0.05) is 26.1 Å². The molecule has 0 unspecified atom stereocenters. The Labute approximate surface area is 144 Å². The molecule has 0 spiro atoms. The van der Waals surface area contributed by atoms with Gasteiger partial charge in [0.25, 0.3) is 0 Å². The van der Waals surface area contributed by atoms with Gasteiger partial charge in [0.1, 0.15) is 5.75 Å². The standard InChI is InChI=1S/C20H26N2O2/c1-24-19-10-6-5-9-18(19)11-12-20(23)22(16-14-21)15-13-17-7-3-2-4-8-17/h2-10H,11-16,21H2,1H3. The average molecular weight is 326 g/mol. The topological polar surface area (TPSA) is 55.6 Å². The van der Waals surface area contributed by atoms with Gasteiger partial charge in [-0.1, -0.05) is 48.5 Å². The van der Waals surface area contributed by atoms with Crippen LogP contribution in [0.25, 0.3) is 0 Å². The van der Waals surface area contributed by atoms with Gasteiger partial charge in [0.05, 0.1) is 7.11 Å². The lowest BCUT2D eigenvalue weighted by molar-refractivity contribution is -0.131. The molecule has 0 aromatic heterocycles. The van der Waals surface area contributed by atoms with Crippen molar-refractivity contribution in [2.24, 2.45) is 5.73 Å². The van der Waals surface area contributed by atoms with Crippen molar-refractivity contribution in [1.82, 2.24) is 4.90 Å². The fraction of sp³-hybridized carbons (Fsp3) is 0.350. The number of benzene rings is 2. The molecule has 0 saturated carbocycles. The van der Waals surface area contributed by atoms with Crippen LogP contribution < -0.4 is 10.5 Å². The van der Waals surface area contributed by atoms with Crippen LogP contribution in [-0.4, -0.2) is 37.6 Å². The molecule has 4 heteroatoms. The number of amides is 1. The minimum Gasteiger partial charge on any atom is -0.496 e. The number of hydrogen-bond acceptors (Lipinski definition) is 3. The van der Waals surface area contributed by atoms with Crippen molar-refractivity contribution >= 4 is 5.91 Å². The van der Waals surface area contributed by atoms with Crippen LogP contribution in [0.5, 0.6) is 5.75 Å². The number of aryl methyl sites for hydroxylation is 1. The first-order valence-electron chi connectivity index (χ1n) is 8.38. The molecule has 2 rings (SSSR count). The summed E-state index contributed by atoms with van der Waals surface area (Å²) in [4.78, 5) is 14.4. The molecule has 4 nitrogen and oxygen atoms in total. The Balaban J connectivity index is 1.91. The normalized spacial score (nSPS) is 10.4. The van der Waals surface area contributed by atoms with Crippen molar-refractivity contribution in [1.29, 1.82) is 0 Å². The highest BCUT2D eigenvalue weighted by Crippen LogP contribution is 2.19. The van der Waals surface area contributed by atoms with Crippen LogP contribution in [0.1, 0.15) is 17.5 Å². The highest BCUT2D eigenvalue weighted by atomic mass is 16.5. The first-order chi connectivity index (χ1) is 11.7. The van der Waals surface area contributed by atoms with E-state index in [1.165, 1.54) is 5.56 Å². The summed E-state index contributed by atoms with van der Waals surface area (Å²) < 4.78 is 5.35. The Morgan fingerprint density at radius 1 is 1.00 bits per heavy atom. The van der Waals surface area contributed by atoms with Gasteiger partial charge >= 0.3 is 0 Å². The number of nitrogens with zero attached hydrogens (tertiary/aromatic N) is 1. The van der Waals surface area contributed by atoms with Crippen LogP contribution in [0.4, 0.5) is 0 Å². The summed E-state index contributed by atoms with van der Waals surface area (Å²) in [6, 6.07) is 18.0. The van der Waals surface area contributed by atoms with E-state index in [9.17, 15) is 4.79 Å². The highest BCUT2D eigenvalue weighted by Gasteiger charge is 2.14. The quantitative estimate of drug-likeness (QED) is 0.771. The Morgan fingerprint density at radius 3 is 2.42 bits per heavy atom. The van der Waals surface area contributed by atoms with E-state index >= 15 is 0 Å². The fourth-order valence-electron chi connectivity index (χ4n) is 2.73. The minimum absolute atomic E-state index is 0.141. The molecule has 0 saturated heterocycles. The number of ether oxygens (including phenoxy) is 1. The van der Waals surface area contributed by atoms with Gasteiger partial charge < -0.3 is 15.4 Å². The Hall–Kier alpha value is -2.33. The minimum atomic E-state index is 0.141. The molecule has 0 aliphatic rings. The second kappa shape index (κ2) is 9.73. The van der Waals surface area contributed by atoms with Crippen molar-refractivity contribution in [2.45, 2.75) is 19.3 Å². The van der Waals surface area contributed by atoms with E-state index in [1.54, 1.807) is 7.11 Å². The van der Waals surface area contributed by atoms with Crippen molar-refractivity contribution in [2.75, 3.05) is 26.7 Å². The highest BCUT2D eigenvalue weighted by molar-refractivity contribution is 5.76. The summed E-state index contributed by atoms with van der Waals surface area (Å²) in [5, 5.41) is 0. The number of para-hydroxylation sites is 1. The van der Waals surface area contributed by atoms with Crippen LogP contribution in [-0.2, 0) is 17.6 Å². The SMILES string of the molecule is COc1ccccc1CCC(=O)N(CCN)CCc1ccccc1. The molecule has 0 aliphatic carbocycles. The van der Waals surface area contributed by atoms with Crippen molar-refractivity contribution < 1.29 is 9.53 Å². The molecule has 2 aromatic rings. The van der Waals surface area contributed by atoms with Crippen LogP contribution in [0.15, 0.2) is 54.6 Å². The maximum atomic E-state index is 12.6. The van der Waals surface area contributed by atoms with Gasteiger partial charge in [0.2, 0.25) is 5.91 Å². The maximum absolute atomic E-state index is 12.6. The van der Waals surface area contributed by atoms with Gasteiger partial charge in [-0.2, -0.15) is 0 Å². The number of rotatable bonds is 9. The van der Waals surface area contributed by atoms with Crippen molar-refractivity contribution in [3.63, 3.8) is 0 Å². The lowest BCUT2D eigenvalue weighted by Crippen LogP contribution is -2.37. The predicted molar refractivity (Wildman–Crippen MR) is 97.1 cm³/mol. The van der Waals surface area contributed by atoms with Gasteiger partial charge in [-0.15, -0.1) is 0 Å². The largest absolute Gasteiger partial charge is 0.496 e. The molecule has 0 aliphatic heterocycles. The summed E-state index contributed by atoms with van der Waals surface area (Å²) in [5.74, 6) is 0.974. The molecule has 0 fully saturated rings. The van der Waals surface area contributed by atoms with Crippen LogP contribution in [0.3, 0.4) is 0 Å². The van der Waals surface area contributed by atoms with Crippen LogP contribution in [0.2, 0.25) is 0 Å². The molecule has 24 heavy (non-hydrogen) atoms. The number of carbonyl (C=O) groups excluding carboxylic acids is 1. The molecule has 0 atom stereocenters. The van der Waals surface area contributed by atoms with Crippen molar-refractivity contribution in [3.05, 3.63) is 65.7 Å². The van der Waals surface area contributed by atoms with E-state index in [-0.39, 0.29) is 5.91 Å². The molecule has 128 valence electrons. The van der Waals surface area contributed by atoms with E-state index in [1.807, 2.05) is 47.4 Å². The fourth-order valence-corrected chi connectivity index (χ4v) is 2.73. The lowest BCUT2D eigenvalue weighted by Gasteiger charge is -2.22. The Kier molecular flexibility index (Phi) is 7.30. The third-order valence-corrected chi connectivity index (χ3v) is 4.07. The molecule has 1 amide bonds. The number of methoxy groups -OCH3 is 1. The average Bonchev–Trinajstić information content (AvgIpc) is 2.64. The Bertz CT molecular complexity index is 629. The summed E-state index contributed by atoms with van der Waals surface area (Å²) in [6.07, 6.45) is 1.99. The zero-order valence-corrected chi connectivity index (χ0v) is 14.3. The zero-order valence-electron chi connectivity index (χ0n) is 14.3. The van der Waals surface area contributed by atoms with Gasteiger partial charge in [-0.25, -0.2) is 0 Å². The number of carbonyl (C=O) groups is 1. The molecule has 2 aromatic carbocycles. The summed E-state index contributed by atoms with van der Waals surface area (Å²) in [5.41, 5.74) is 7.97. The molecule has 2 N–H and O–H groups in total. The summed E-state index contributed by atoms with van der Waals surface area (Å²) in [6.45, 7) is 1.78. The Morgan fingerprint density at radius 2 is 1.71 bits per heavy atom. The predicted octanol–water partition coefficient (Wildman–Crippen LogP) is 2.66. The molecule has 0 bridgehead atoms. The summed E-state index contributed by atoms with van der Waals surface area (Å²) >= 11 is 0. The monoisotopic (exact) mass is 326 g/mol. The molecular formula is C20H26N2O2. The van der Waals surface area contributed by atoms with Gasteiger partial charge in [-0.05, 0) is 30.0 Å². The second-order valence-corrected chi connectivity index (χ2v) is 5.72. The molecule has 0 radical (unpaired) electrons. The molecule has 0 heterocycles. The van der Waals surface area contributed by atoms with E-state index in [2.05, 4.69) is 12.1 Å². The maximum Gasteiger partial charge on any atom is 0.222 e. The third kappa shape index (κ3) is 5.39. The van der Waals surface area contributed by atoms with E-state index < -0.39 is 0 Å². The van der Waals surface area contributed by atoms with Crippen molar-refractivity contribution in [3.8, 4) is 5.75 Å². The first kappa shape index (κ1) is 18.0. The van der Waals surface area contributed by atoms with E-state index in [0.717, 1.165) is 17.7 Å². The number of nitrogens with two attached hydrogens (primary N) is 1. The first-order valence-corrected chi connectivity index (χ1v) is 8.38. The van der Waals surface area contributed by atoms with E-state index in [0.29, 0.717) is 32.5 Å². The van der Waals surface area contributed by atoms with Crippen LogP contribution >= 0.6 is 0 Å². The smallest absolute Gasteiger partial charge is 0.222 e. The van der Waals surface area contributed by atoms with Crippen LogP contribution in [0, 0.1) is 0 Å². The number of hydrogen-bond donors (Lipinski definition) is 1. The third-order valence-electron chi connectivity index (χ3n) is 4.07.